The normalized spacial score (nSPS) is 12.7. The van der Waals surface area contributed by atoms with Crippen LogP contribution in [0.3, 0.4) is 0 Å². The van der Waals surface area contributed by atoms with E-state index in [1.54, 1.807) is 0 Å². The third-order valence-electron chi connectivity index (χ3n) is 2.58. The van der Waals surface area contributed by atoms with Crippen molar-refractivity contribution in [2.45, 2.75) is 12.5 Å². The third-order valence-corrected chi connectivity index (χ3v) is 4.17. The second-order valence-corrected chi connectivity index (χ2v) is 7.50. The molecule has 0 spiro atoms. The van der Waals surface area contributed by atoms with Gasteiger partial charge in [0.25, 0.3) is 5.91 Å². The molecule has 2 N–H and O–H groups in total. The molecule has 0 fully saturated rings. The summed E-state index contributed by atoms with van der Waals surface area (Å²) in [5.74, 6) is -3.52. The summed E-state index contributed by atoms with van der Waals surface area (Å²) in [4.78, 5) is 22.9. The standard InChI is InChI=1S/C12H13BrFNO5S/c1-21(19,20)6-5-9(12(17)18)15-11(16)7-3-2-4-8(13)10(7)14/h2-4,9H,5-6H2,1H3,(H,15,16)(H,17,18). The highest BCUT2D eigenvalue weighted by atomic mass is 79.9. The highest BCUT2D eigenvalue weighted by molar-refractivity contribution is 9.10. The van der Waals surface area contributed by atoms with Crippen LogP contribution < -0.4 is 5.32 Å². The lowest BCUT2D eigenvalue weighted by atomic mass is 10.1. The number of benzene rings is 1. The number of sulfone groups is 1. The zero-order valence-corrected chi connectivity index (χ0v) is 13.4. The van der Waals surface area contributed by atoms with E-state index in [9.17, 15) is 22.4 Å². The molecule has 1 amide bonds. The lowest BCUT2D eigenvalue weighted by Crippen LogP contribution is -2.42. The van der Waals surface area contributed by atoms with Crippen LogP contribution in [0.1, 0.15) is 16.8 Å². The largest absolute Gasteiger partial charge is 0.480 e. The van der Waals surface area contributed by atoms with Gasteiger partial charge in [-0.2, -0.15) is 0 Å². The summed E-state index contributed by atoms with van der Waals surface area (Å²) in [6.07, 6.45) is 0.664. The summed E-state index contributed by atoms with van der Waals surface area (Å²) in [5.41, 5.74) is -0.324. The Labute approximate surface area is 129 Å². The van der Waals surface area contributed by atoms with Crippen molar-refractivity contribution >= 4 is 37.6 Å². The summed E-state index contributed by atoms with van der Waals surface area (Å²) < 4.78 is 35.9. The molecule has 1 unspecified atom stereocenters. The van der Waals surface area contributed by atoms with Crippen molar-refractivity contribution < 1.29 is 27.5 Å². The van der Waals surface area contributed by atoms with Gasteiger partial charge in [0.1, 0.15) is 21.7 Å². The lowest BCUT2D eigenvalue weighted by Gasteiger charge is -2.14. The Morgan fingerprint density at radius 2 is 2.05 bits per heavy atom. The summed E-state index contributed by atoms with van der Waals surface area (Å²) in [6.45, 7) is 0. The Hall–Kier alpha value is -1.48. The van der Waals surface area contributed by atoms with Crippen molar-refractivity contribution in [1.29, 1.82) is 0 Å². The number of carbonyl (C=O) groups excluding carboxylic acids is 1. The number of rotatable bonds is 6. The van der Waals surface area contributed by atoms with Crippen molar-refractivity contribution in [3.8, 4) is 0 Å². The maximum atomic E-state index is 13.7. The van der Waals surface area contributed by atoms with Crippen LogP contribution in [0.25, 0.3) is 0 Å². The van der Waals surface area contributed by atoms with Crippen LogP contribution in [0, 0.1) is 5.82 Å². The molecule has 0 aliphatic carbocycles. The fourth-order valence-electron chi connectivity index (χ4n) is 1.50. The van der Waals surface area contributed by atoms with Crippen LogP contribution in [0.2, 0.25) is 0 Å². The van der Waals surface area contributed by atoms with E-state index in [1.807, 2.05) is 0 Å². The van der Waals surface area contributed by atoms with Gasteiger partial charge in [-0.15, -0.1) is 0 Å². The topological polar surface area (TPSA) is 101 Å². The molecule has 1 aromatic rings. The van der Waals surface area contributed by atoms with Gasteiger partial charge in [0.2, 0.25) is 0 Å². The third kappa shape index (κ3) is 5.43. The lowest BCUT2D eigenvalue weighted by molar-refractivity contribution is -0.139. The Kier molecular flexibility index (Phi) is 5.85. The molecule has 0 aliphatic rings. The van der Waals surface area contributed by atoms with Gasteiger partial charge in [0, 0.05) is 6.26 Å². The number of carboxylic acids is 1. The van der Waals surface area contributed by atoms with E-state index >= 15 is 0 Å². The second kappa shape index (κ2) is 6.99. The van der Waals surface area contributed by atoms with Crippen LogP contribution in [0.5, 0.6) is 0 Å². The van der Waals surface area contributed by atoms with Crippen LogP contribution in [-0.4, -0.2) is 43.5 Å². The average Bonchev–Trinajstić information content (AvgIpc) is 2.36. The van der Waals surface area contributed by atoms with E-state index in [1.165, 1.54) is 18.2 Å². The Morgan fingerprint density at radius 1 is 1.43 bits per heavy atom. The monoisotopic (exact) mass is 381 g/mol. The average molecular weight is 382 g/mol. The first-order valence-electron chi connectivity index (χ1n) is 5.77. The van der Waals surface area contributed by atoms with Crippen LogP contribution >= 0.6 is 15.9 Å². The van der Waals surface area contributed by atoms with Crippen LogP contribution in [0.4, 0.5) is 4.39 Å². The summed E-state index contributed by atoms with van der Waals surface area (Å²) in [7, 11) is -3.36. The van der Waals surface area contributed by atoms with Gasteiger partial charge in [-0.25, -0.2) is 17.6 Å². The maximum Gasteiger partial charge on any atom is 0.326 e. The number of halogens is 2. The van der Waals surface area contributed by atoms with Crippen molar-refractivity contribution in [2.24, 2.45) is 0 Å². The number of aliphatic carboxylic acids is 1. The first-order valence-corrected chi connectivity index (χ1v) is 8.62. The number of hydrogen-bond donors (Lipinski definition) is 2. The van der Waals surface area contributed by atoms with Crippen molar-refractivity contribution in [3.05, 3.63) is 34.1 Å². The number of nitrogens with one attached hydrogen (secondary N) is 1. The molecule has 0 radical (unpaired) electrons. The molecule has 9 heteroatoms. The fraction of sp³-hybridized carbons (Fsp3) is 0.333. The summed E-state index contributed by atoms with van der Waals surface area (Å²) >= 11 is 2.92. The minimum Gasteiger partial charge on any atom is -0.480 e. The van der Waals surface area contributed by atoms with Gasteiger partial charge in [-0.3, -0.25) is 4.79 Å². The van der Waals surface area contributed by atoms with Gasteiger partial charge in [0.05, 0.1) is 15.8 Å². The SMILES string of the molecule is CS(=O)(=O)CCC(NC(=O)c1cccc(Br)c1F)C(=O)O. The molecule has 1 aromatic carbocycles. The number of amides is 1. The zero-order valence-electron chi connectivity index (χ0n) is 11.0. The van der Waals surface area contributed by atoms with E-state index in [4.69, 9.17) is 5.11 Å². The minimum absolute atomic E-state index is 0.0677. The zero-order chi connectivity index (χ0) is 16.2. The highest BCUT2D eigenvalue weighted by Crippen LogP contribution is 2.18. The molecule has 1 rings (SSSR count). The van der Waals surface area contributed by atoms with Crippen LogP contribution in [0.15, 0.2) is 22.7 Å². The molecular weight excluding hydrogens is 369 g/mol. The molecule has 0 saturated carbocycles. The highest BCUT2D eigenvalue weighted by Gasteiger charge is 2.24. The second-order valence-electron chi connectivity index (χ2n) is 4.38. The molecule has 21 heavy (non-hydrogen) atoms. The molecule has 0 saturated heterocycles. The van der Waals surface area contributed by atoms with Crippen molar-refractivity contribution in [1.82, 2.24) is 5.32 Å². The Morgan fingerprint density at radius 3 is 2.57 bits per heavy atom. The molecule has 0 heterocycles. The van der Waals surface area contributed by atoms with Gasteiger partial charge in [-0.1, -0.05) is 6.07 Å². The first-order chi connectivity index (χ1) is 9.61. The van der Waals surface area contributed by atoms with E-state index in [0.717, 1.165) is 6.26 Å². The number of carboxylic acid groups (broad SMARTS) is 1. The number of hydrogen-bond acceptors (Lipinski definition) is 4. The molecule has 0 aromatic heterocycles. The van der Waals surface area contributed by atoms with Gasteiger partial charge >= 0.3 is 5.97 Å². The molecule has 116 valence electrons. The summed E-state index contributed by atoms with van der Waals surface area (Å²) in [6, 6.07) is 2.61. The Balaban J connectivity index is 2.86. The van der Waals surface area contributed by atoms with Gasteiger partial charge in [-0.05, 0) is 34.5 Å². The van der Waals surface area contributed by atoms with E-state index in [0.29, 0.717) is 0 Å². The molecular formula is C12H13BrFNO5S. The minimum atomic E-state index is -3.36. The molecule has 1 atom stereocenters. The molecule has 0 bridgehead atoms. The van der Waals surface area contributed by atoms with E-state index in [2.05, 4.69) is 21.2 Å². The number of carbonyl (C=O) groups is 2. The van der Waals surface area contributed by atoms with Crippen LogP contribution in [-0.2, 0) is 14.6 Å². The fourth-order valence-corrected chi connectivity index (χ4v) is 2.53. The molecule has 6 nitrogen and oxygen atoms in total. The van der Waals surface area contributed by atoms with E-state index in [-0.39, 0.29) is 16.5 Å². The van der Waals surface area contributed by atoms with Gasteiger partial charge < -0.3 is 10.4 Å². The van der Waals surface area contributed by atoms with Gasteiger partial charge in [0.15, 0.2) is 0 Å². The smallest absolute Gasteiger partial charge is 0.326 e. The van der Waals surface area contributed by atoms with Crippen molar-refractivity contribution in [2.75, 3.05) is 12.0 Å². The predicted octanol–water partition coefficient (Wildman–Crippen LogP) is 1.21. The van der Waals surface area contributed by atoms with Crippen molar-refractivity contribution in [3.63, 3.8) is 0 Å². The molecule has 0 aliphatic heterocycles. The quantitative estimate of drug-likeness (QED) is 0.770. The predicted molar refractivity (Wildman–Crippen MR) is 77.3 cm³/mol. The Bertz CT molecular complexity index is 662. The van der Waals surface area contributed by atoms with E-state index < -0.39 is 39.3 Å². The maximum absolute atomic E-state index is 13.7. The summed E-state index contributed by atoms with van der Waals surface area (Å²) in [5, 5.41) is 11.1. The first kappa shape index (κ1) is 17.6.